The summed E-state index contributed by atoms with van der Waals surface area (Å²) >= 11 is 16.4. The standard InChI is InChI=1S/C18H25NS7/c1-3-5-7-9-21-15-16(22-10-8-6-4-2)26-18(25-15)17-23-13-11-19(20)12-14(13)24-17/h11-12,20H,3-10H2,1-2H3. The summed E-state index contributed by atoms with van der Waals surface area (Å²) in [7, 11) is 0. The van der Waals surface area contributed by atoms with Gasteiger partial charge in [-0.15, -0.1) is 23.5 Å². The van der Waals surface area contributed by atoms with E-state index in [0.717, 1.165) is 0 Å². The van der Waals surface area contributed by atoms with E-state index in [1.54, 1.807) is 8.47 Å². The topological polar surface area (TPSA) is 4.93 Å². The minimum Gasteiger partial charge on any atom is -0.299 e. The third kappa shape index (κ3) is 6.10. The van der Waals surface area contributed by atoms with Gasteiger partial charge in [0.15, 0.2) is 0 Å². The highest BCUT2D eigenvalue weighted by atomic mass is 32.3. The van der Waals surface area contributed by atoms with E-state index in [9.17, 15) is 0 Å². The first-order valence-corrected chi connectivity index (χ1v) is 14.7. The van der Waals surface area contributed by atoms with E-state index in [0.29, 0.717) is 0 Å². The number of thiol groups is 1. The Labute approximate surface area is 189 Å². The van der Waals surface area contributed by atoms with Gasteiger partial charge in [0, 0.05) is 22.2 Å². The molecule has 0 amide bonds. The second-order valence-electron chi connectivity index (χ2n) is 6.04. The number of hydrogen-bond donors (Lipinski definition) is 1. The Balaban J connectivity index is 1.62. The van der Waals surface area contributed by atoms with Gasteiger partial charge < -0.3 is 0 Å². The van der Waals surface area contributed by atoms with Crippen LogP contribution in [0.5, 0.6) is 0 Å². The van der Waals surface area contributed by atoms with Gasteiger partial charge in [-0.1, -0.05) is 99.4 Å². The van der Waals surface area contributed by atoms with Crippen LogP contribution in [0.25, 0.3) is 0 Å². The molecule has 0 aliphatic carbocycles. The van der Waals surface area contributed by atoms with Gasteiger partial charge in [0.2, 0.25) is 0 Å². The van der Waals surface area contributed by atoms with Crippen molar-refractivity contribution in [1.29, 1.82) is 0 Å². The van der Waals surface area contributed by atoms with E-state index < -0.39 is 0 Å². The number of rotatable bonds is 10. The lowest BCUT2D eigenvalue weighted by molar-refractivity contribution is 0.779. The lowest BCUT2D eigenvalue weighted by Gasteiger charge is -2.04. The van der Waals surface area contributed by atoms with Crippen LogP contribution in [0.1, 0.15) is 52.4 Å². The number of thioether (sulfide) groups is 6. The first-order chi connectivity index (χ1) is 12.7. The Kier molecular flexibility index (Phi) is 9.61. The number of nitrogens with zero attached hydrogens (tertiary/aromatic N) is 1. The monoisotopic (exact) mass is 479 g/mol. The Bertz CT molecular complexity index is 626. The van der Waals surface area contributed by atoms with E-state index >= 15 is 0 Å². The molecule has 1 aromatic rings. The van der Waals surface area contributed by atoms with Gasteiger partial charge >= 0.3 is 0 Å². The highest BCUT2D eigenvalue weighted by Gasteiger charge is 2.29. The van der Waals surface area contributed by atoms with Crippen molar-refractivity contribution in [3.63, 3.8) is 0 Å². The van der Waals surface area contributed by atoms with Crippen LogP contribution in [-0.2, 0) is 0 Å². The van der Waals surface area contributed by atoms with Gasteiger partial charge in [-0.05, 0) is 24.3 Å². The van der Waals surface area contributed by atoms with Crippen molar-refractivity contribution in [3.8, 4) is 0 Å². The maximum atomic E-state index is 4.39. The summed E-state index contributed by atoms with van der Waals surface area (Å²) in [6.45, 7) is 4.56. The summed E-state index contributed by atoms with van der Waals surface area (Å²) in [6, 6.07) is 0. The lowest BCUT2D eigenvalue weighted by Crippen LogP contribution is -1.82. The van der Waals surface area contributed by atoms with Crippen molar-refractivity contribution in [2.45, 2.75) is 62.2 Å². The summed E-state index contributed by atoms with van der Waals surface area (Å²) in [5.41, 5.74) is 0. The zero-order valence-corrected chi connectivity index (χ0v) is 20.9. The van der Waals surface area contributed by atoms with Crippen molar-refractivity contribution in [2.75, 3.05) is 11.5 Å². The molecule has 0 unspecified atom stereocenters. The van der Waals surface area contributed by atoms with E-state index in [2.05, 4.69) is 62.6 Å². The molecule has 0 N–H and O–H groups in total. The number of aromatic nitrogens is 1. The average molecular weight is 480 g/mol. The van der Waals surface area contributed by atoms with Crippen LogP contribution in [0.15, 0.2) is 39.1 Å². The molecule has 0 saturated carbocycles. The van der Waals surface area contributed by atoms with Crippen LogP contribution in [0.2, 0.25) is 0 Å². The SMILES string of the molecule is CCCCCSC1=C(SCCCCC)SC(=C2Sc3cn(S)cc3S2)S1. The quantitative estimate of drug-likeness (QED) is 0.262. The fraction of sp³-hybridized carbons (Fsp3) is 0.556. The Morgan fingerprint density at radius 3 is 1.69 bits per heavy atom. The molecule has 0 atom stereocenters. The average Bonchev–Trinajstić information content (AvgIpc) is 3.28. The molecule has 144 valence electrons. The Hall–Kier alpha value is 1.21. The highest BCUT2D eigenvalue weighted by Crippen LogP contribution is 2.64. The third-order valence-electron chi connectivity index (χ3n) is 3.81. The predicted octanol–water partition coefficient (Wildman–Crippen LogP) is 8.96. The molecule has 0 radical (unpaired) electrons. The molecule has 0 spiro atoms. The molecule has 3 heterocycles. The molecule has 0 fully saturated rings. The molecule has 3 rings (SSSR count). The summed E-state index contributed by atoms with van der Waals surface area (Å²) in [4.78, 5) is 2.68. The first-order valence-electron chi connectivity index (χ1n) is 9.08. The summed E-state index contributed by atoms with van der Waals surface area (Å²) < 4.78 is 7.90. The molecule has 1 aromatic heterocycles. The molecule has 0 aromatic carbocycles. The molecule has 2 aliphatic heterocycles. The molecule has 0 bridgehead atoms. The minimum absolute atomic E-state index is 1.25. The molecular weight excluding hydrogens is 455 g/mol. The van der Waals surface area contributed by atoms with Crippen LogP contribution in [-0.4, -0.2) is 15.5 Å². The summed E-state index contributed by atoms with van der Waals surface area (Å²) in [5.74, 6) is 2.51. The molecule has 1 nitrogen and oxygen atoms in total. The largest absolute Gasteiger partial charge is 0.299 e. The van der Waals surface area contributed by atoms with E-state index in [4.69, 9.17) is 0 Å². The van der Waals surface area contributed by atoms with Crippen molar-refractivity contribution >= 4 is 83.4 Å². The Morgan fingerprint density at radius 2 is 1.23 bits per heavy atom. The van der Waals surface area contributed by atoms with Crippen LogP contribution in [0.3, 0.4) is 0 Å². The molecule has 0 saturated heterocycles. The van der Waals surface area contributed by atoms with Crippen molar-refractivity contribution in [2.24, 2.45) is 0 Å². The summed E-state index contributed by atoms with van der Waals surface area (Å²) in [5, 5.41) is 0. The van der Waals surface area contributed by atoms with Crippen LogP contribution in [0, 0.1) is 0 Å². The van der Waals surface area contributed by atoms with E-state index in [1.165, 1.54) is 68.3 Å². The second-order valence-corrected chi connectivity index (χ2v) is 13.9. The van der Waals surface area contributed by atoms with E-state index in [1.807, 2.05) is 51.0 Å². The molecule has 8 heteroatoms. The van der Waals surface area contributed by atoms with Crippen LogP contribution in [0.4, 0.5) is 0 Å². The molecular formula is C18H25NS7. The normalized spacial score (nSPS) is 16.9. The zero-order valence-electron chi connectivity index (χ0n) is 15.2. The van der Waals surface area contributed by atoms with Crippen molar-refractivity contribution < 1.29 is 0 Å². The van der Waals surface area contributed by atoms with Crippen molar-refractivity contribution in [3.05, 3.63) is 29.3 Å². The van der Waals surface area contributed by atoms with Gasteiger partial charge in [-0.25, -0.2) is 0 Å². The van der Waals surface area contributed by atoms with Crippen LogP contribution < -0.4 is 0 Å². The van der Waals surface area contributed by atoms with Gasteiger partial charge in [-0.2, -0.15) is 0 Å². The van der Waals surface area contributed by atoms with Crippen molar-refractivity contribution in [1.82, 2.24) is 3.97 Å². The number of unbranched alkanes of at least 4 members (excludes halogenated alkanes) is 4. The smallest absolute Gasteiger partial charge is 0.0717 e. The maximum absolute atomic E-state index is 4.39. The maximum Gasteiger partial charge on any atom is 0.0717 e. The predicted molar refractivity (Wildman–Crippen MR) is 134 cm³/mol. The number of fused-ring (bicyclic) bond motifs is 1. The minimum atomic E-state index is 1.25. The summed E-state index contributed by atoms with van der Waals surface area (Å²) in [6.07, 6.45) is 12.2. The zero-order chi connectivity index (χ0) is 18.4. The van der Waals surface area contributed by atoms with Gasteiger partial charge in [-0.3, -0.25) is 3.97 Å². The molecule has 26 heavy (non-hydrogen) atoms. The fourth-order valence-corrected chi connectivity index (χ4v) is 11.6. The Morgan fingerprint density at radius 1 is 0.769 bits per heavy atom. The van der Waals surface area contributed by atoms with E-state index in [-0.39, 0.29) is 0 Å². The lowest BCUT2D eigenvalue weighted by atomic mass is 10.3. The van der Waals surface area contributed by atoms with Gasteiger partial charge in [0.25, 0.3) is 0 Å². The molecule has 2 aliphatic rings. The van der Waals surface area contributed by atoms with Gasteiger partial charge in [0.05, 0.1) is 16.9 Å². The van der Waals surface area contributed by atoms with Crippen LogP contribution >= 0.6 is 83.4 Å². The fourth-order valence-electron chi connectivity index (χ4n) is 2.43. The number of hydrogen-bond acceptors (Lipinski definition) is 7. The van der Waals surface area contributed by atoms with Gasteiger partial charge in [0.1, 0.15) is 0 Å². The highest BCUT2D eigenvalue weighted by molar-refractivity contribution is 8.42. The third-order valence-corrected chi connectivity index (χ3v) is 12.8. The second kappa shape index (κ2) is 11.4. The first kappa shape index (κ1) is 21.9.